The van der Waals surface area contributed by atoms with Crippen molar-refractivity contribution in [3.05, 3.63) is 41.2 Å². The van der Waals surface area contributed by atoms with Gasteiger partial charge in [-0.1, -0.05) is 65.8 Å². The summed E-state index contributed by atoms with van der Waals surface area (Å²) in [5.41, 5.74) is 1.73. The molecule has 2 aromatic rings. The van der Waals surface area contributed by atoms with Crippen molar-refractivity contribution in [3.63, 3.8) is 0 Å². The summed E-state index contributed by atoms with van der Waals surface area (Å²) in [7, 11) is 0. The second kappa shape index (κ2) is 5.76. The van der Waals surface area contributed by atoms with Gasteiger partial charge < -0.3 is 5.11 Å². The molecule has 0 aliphatic heterocycles. The van der Waals surface area contributed by atoms with Crippen molar-refractivity contribution in [2.45, 2.75) is 52.4 Å². The average Bonchev–Trinajstić information content (AvgIpc) is 2.45. The molecule has 4 nitrogen and oxygen atoms in total. The monoisotopic (exact) mass is 312 g/mol. The van der Waals surface area contributed by atoms with Crippen LogP contribution >= 0.6 is 0 Å². The van der Waals surface area contributed by atoms with Crippen LogP contribution in [0.4, 0.5) is 0 Å². The number of benzene rings is 1. The molecule has 0 aliphatic rings. The van der Waals surface area contributed by atoms with Crippen LogP contribution < -0.4 is 0 Å². The molecule has 2 rings (SSSR count). The third kappa shape index (κ3) is 3.41. The van der Waals surface area contributed by atoms with Gasteiger partial charge in [0.1, 0.15) is 0 Å². The zero-order chi connectivity index (χ0) is 17.4. The Hall–Kier alpha value is -2.23. The lowest BCUT2D eigenvalue weighted by Gasteiger charge is -2.26. The molecular weight excluding hydrogens is 288 g/mol. The first-order chi connectivity index (χ1) is 10.6. The zero-order valence-electron chi connectivity index (χ0n) is 14.6. The highest BCUT2D eigenvalue weighted by Crippen LogP contribution is 2.38. The molecule has 0 radical (unpaired) electrons. The third-order valence-corrected chi connectivity index (χ3v) is 3.63. The third-order valence-electron chi connectivity index (χ3n) is 3.63. The lowest BCUT2D eigenvalue weighted by molar-refractivity contribution is 0.112. The van der Waals surface area contributed by atoms with E-state index in [0.717, 1.165) is 6.29 Å². The molecule has 1 aromatic carbocycles. The van der Waals surface area contributed by atoms with Crippen LogP contribution in [0.1, 0.15) is 63.3 Å². The molecule has 122 valence electrons. The van der Waals surface area contributed by atoms with Crippen molar-refractivity contribution in [3.8, 4) is 17.1 Å². The Kier molecular flexibility index (Phi) is 4.29. The molecule has 0 spiro atoms. The normalized spacial score (nSPS) is 12.3. The van der Waals surface area contributed by atoms with Crippen LogP contribution in [0.3, 0.4) is 0 Å². The Balaban J connectivity index is 2.83. The summed E-state index contributed by atoms with van der Waals surface area (Å²) in [5.74, 6) is 0.609. The average molecular weight is 312 g/mol. The molecule has 4 heteroatoms. The smallest absolute Gasteiger partial charge is 0.160 e. The summed E-state index contributed by atoms with van der Waals surface area (Å²) in [6.07, 6.45) is 0.805. The van der Waals surface area contributed by atoms with E-state index in [0.29, 0.717) is 28.3 Å². The van der Waals surface area contributed by atoms with Crippen molar-refractivity contribution in [2.24, 2.45) is 0 Å². The molecule has 0 bridgehead atoms. The van der Waals surface area contributed by atoms with E-state index >= 15 is 0 Å². The van der Waals surface area contributed by atoms with Gasteiger partial charge in [-0.3, -0.25) is 4.79 Å². The minimum absolute atomic E-state index is 0.136. The Bertz CT molecular complexity index is 703. The standard InChI is InChI=1S/C19H24N2O2/c1-18(2,3)15-14(23)16(19(4,5)6)21-17(20-15)13-10-8-7-9-12(13)11-22/h7-11,23H,1-6H3. The summed E-state index contributed by atoms with van der Waals surface area (Å²) in [6, 6.07) is 7.23. The Morgan fingerprint density at radius 3 is 1.83 bits per heavy atom. The molecular formula is C19H24N2O2. The van der Waals surface area contributed by atoms with Crippen molar-refractivity contribution in [1.29, 1.82) is 0 Å². The van der Waals surface area contributed by atoms with Crippen molar-refractivity contribution in [2.75, 3.05) is 0 Å². The summed E-state index contributed by atoms with van der Waals surface area (Å²) >= 11 is 0. The highest BCUT2D eigenvalue weighted by Gasteiger charge is 2.29. The van der Waals surface area contributed by atoms with E-state index in [4.69, 9.17) is 0 Å². The fourth-order valence-electron chi connectivity index (χ4n) is 2.42. The molecule has 0 saturated carbocycles. The molecule has 0 amide bonds. The summed E-state index contributed by atoms with van der Waals surface area (Å²) in [4.78, 5) is 20.5. The number of aromatic nitrogens is 2. The van der Waals surface area contributed by atoms with E-state index in [1.54, 1.807) is 6.07 Å². The van der Waals surface area contributed by atoms with Crippen LogP contribution in [-0.4, -0.2) is 21.4 Å². The van der Waals surface area contributed by atoms with Gasteiger partial charge in [0.25, 0.3) is 0 Å². The summed E-state index contributed by atoms with van der Waals surface area (Å²) in [6.45, 7) is 12.0. The van der Waals surface area contributed by atoms with Crippen LogP contribution in [0, 0.1) is 0 Å². The van der Waals surface area contributed by atoms with Gasteiger partial charge in [-0.05, 0) is 0 Å². The van der Waals surface area contributed by atoms with E-state index in [2.05, 4.69) is 9.97 Å². The quantitative estimate of drug-likeness (QED) is 0.842. The molecule has 0 atom stereocenters. The van der Waals surface area contributed by atoms with Crippen molar-refractivity contribution < 1.29 is 9.90 Å². The zero-order valence-corrected chi connectivity index (χ0v) is 14.6. The molecule has 0 unspecified atom stereocenters. The fraction of sp³-hybridized carbons (Fsp3) is 0.421. The van der Waals surface area contributed by atoms with Crippen LogP contribution in [0.2, 0.25) is 0 Å². The largest absolute Gasteiger partial charge is 0.504 e. The van der Waals surface area contributed by atoms with Crippen LogP contribution in [-0.2, 0) is 10.8 Å². The molecule has 0 saturated heterocycles. The number of aromatic hydroxyl groups is 1. The van der Waals surface area contributed by atoms with Gasteiger partial charge in [-0.25, -0.2) is 9.97 Å². The first-order valence-electron chi connectivity index (χ1n) is 7.72. The van der Waals surface area contributed by atoms with E-state index in [-0.39, 0.29) is 16.6 Å². The molecule has 1 aromatic heterocycles. The Labute approximate surface area is 137 Å². The number of nitrogens with zero attached hydrogens (tertiary/aromatic N) is 2. The predicted octanol–water partition coefficient (Wildman–Crippen LogP) is 4.26. The predicted molar refractivity (Wildman–Crippen MR) is 91.9 cm³/mol. The van der Waals surface area contributed by atoms with Gasteiger partial charge in [0.15, 0.2) is 17.9 Å². The highest BCUT2D eigenvalue weighted by molar-refractivity contribution is 5.85. The number of rotatable bonds is 2. The number of aldehydes is 1. The highest BCUT2D eigenvalue weighted by atomic mass is 16.3. The first-order valence-corrected chi connectivity index (χ1v) is 7.72. The topological polar surface area (TPSA) is 63.1 Å². The van der Waals surface area contributed by atoms with Gasteiger partial charge in [-0.15, -0.1) is 0 Å². The van der Waals surface area contributed by atoms with Gasteiger partial charge in [0, 0.05) is 22.0 Å². The second-order valence-electron chi connectivity index (χ2n) is 7.80. The van der Waals surface area contributed by atoms with E-state index in [9.17, 15) is 9.90 Å². The van der Waals surface area contributed by atoms with Crippen molar-refractivity contribution >= 4 is 6.29 Å². The number of hydrogen-bond acceptors (Lipinski definition) is 4. The first kappa shape index (κ1) is 17.1. The SMILES string of the molecule is CC(C)(C)c1nc(-c2ccccc2C=O)nc(C(C)(C)C)c1O. The maximum Gasteiger partial charge on any atom is 0.160 e. The van der Waals surface area contributed by atoms with Crippen LogP contribution in [0.5, 0.6) is 5.75 Å². The van der Waals surface area contributed by atoms with Crippen molar-refractivity contribution in [1.82, 2.24) is 9.97 Å². The Morgan fingerprint density at radius 2 is 1.39 bits per heavy atom. The lowest BCUT2D eigenvalue weighted by Crippen LogP contribution is -2.21. The maximum atomic E-state index is 11.3. The fourth-order valence-corrected chi connectivity index (χ4v) is 2.42. The Morgan fingerprint density at radius 1 is 0.913 bits per heavy atom. The van der Waals surface area contributed by atoms with E-state index in [1.807, 2.05) is 59.7 Å². The maximum absolute atomic E-state index is 11.3. The molecule has 0 aliphatic carbocycles. The second-order valence-corrected chi connectivity index (χ2v) is 7.80. The minimum Gasteiger partial charge on any atom is -0.504 e. The molecule has 0 fully saturated rings. The molecule has 23 heavy (non-hydrogen) atoms. The molecule has 1 N–H and O–H groups in total. The molecule has 1 heterocycles. The number of carbonyl (C=O) groups is 1. The van der Waals surface area contributed by atoms with Gasteiger partial charge in [-0.2, -0.15) is 0 Å². The van der Waals surface area contributed by atoms with Gasteiger partial charge in [0.05, 0.1) is 11.4 Å². The van der Waals surface area contributed by atoms with Gasteiger partial charge >= 0.3 is 0 Å². The van der Waals surface area contributed by atoms with E-state index in [1.165, 1.54) is 0 Å². The summed E-state index contributed by atoms with van der Waals surface area (Å²) < 4.78 is 0. The number of carbonyl (C=O) groups excluding carboxylic acids is 1. The summed E-state index contributed by atoms with van der Waals surface area (Å²) in [5, 5.41) is 10.7. The van der Waals surface area contributed by atoms with Crippen LogP contribution in [0.15, 0.2) is 24.3 Å². The lowest BCUT2D eigenvalue weighted by atomic mass is 9.85. The minimum atomic E-state index is -0.335. The number of hydrogen-bond donors (Lipinski definition) is 1. The van der Waals surface area contributed by atoms with Crippen LogP contribution in [0.25, 0.3) is 11.4 Å². The van der Waals surface area contributed by atoms with Gasteiger partial charge in [0.2, 0.25) is 0 Å². The van der Waals surface area contributed by atoms with E-state index < -0.39 is 0 Å².